The maximum atomic E-state index is 13.0. The highest BCUT2D eigenvalue weighted by atomic mass is 19.4. The van der Waals surface area contributed by atoms with Crippen LogP contribution in [0.25, 0.3) is 16.9 Å². The van der Waals surface area contributed by atoms with Crippen molar-refractivity contribution in [1.82, 2.24) is 24.6 Å². The zero-order valence-electron chi connectivity index (χ0n) is 18.9. The van der Waals surface area contributed by atoms with Crippen molar-refractivity contribution in [2.24, 2.45) is 0 Å². The van der Waals surface area contributed by atoms with Gasteiger partial charge in [0.2, 0.25) is 5.95 Å². The molecule has 4 rings (SSSR count). The van der Waals surface area contributed by atoms with Crippen LogP contribution in [0.4, 0.5) is 24.9 Å². The highest BCUT2D eigenvalue weighted by Crippen LogP contribution is 2.31. The Hall–Kier alpha value is -4.73. The van der Waals surface area contributed by atoms with Gasteiger partial charge in [-0.15, -0.1) is 5.10 Å². The van der Waals surface area contributed by atoms with Crippen LogP contribution in [0.3, 0.4) is 0 Å². The number of esters is 1. The molecule has 0 fully saturated rings. The first-order valence-electron chi connectivity index (χ1n) is 10.7. The van der Waals surface area contributed by atoms with Crippen LogP contribution in [0.1, 0.15) is 28.7 Å². The maximum Gasteiger partial charge on any atom is 0.416 e. The average molecular weight is 496 g/mol. The van der Waals surface area contributed by atoms with Gasteiger partial charge in [-0.2, -0.15) is 22.9 Å². The topological polar surface area (TPSA) is 130 Å². The molecule has 3 heterocycles. The summed E-state index contributed by atoms with van der Waals surface area (Å²) in [6.45, 7) is 2.55. The van der Waals surface area contributed by atoms with E-state index in [4.69, 9.17) is 10.00 Å². The van der Waals surface area contributed by atoms with E-state index in [0.29, 0.717) is 35.7 Å². The summed E-state index contributed by atoms with van der Waals surface area (Å²) in [7, 11) is 0. The number of hydrogen-bond donors (Lipinski definition) is 2. The monoisotopic (exact) mass is 496 g/mol. The minimum absolute atomic E-state index is 0.142. The lowest BCUT2D eigenvalue weighted by Gasteiger charge is -2.11. The van der Waals surface area contributed by atoms with Crippen LogP contribution in [-0.2, 0) is 10.9 Å². The number of pyridine rings is 1. The molecule has 0 aliphatic carbocycles. The Morgan fingerprint density at radius 3 is 2.50 bits per heavy atom. The zero-order valence-corrected chi connectivity index (χ0v) is 18.9. The Labute approximate surface area is 202 Å². The number of carbonyl (C=O) groups excluding carboxylic acids is 1. The molecule has 0 unspecified atom stereocenters. The van der Waals surface area contributed by atoms with Gasteiger partial charge in [0.15, 0.2) is 5.65 Å². The molecule has 10 nitrogen and oxygen atoms in total. The third-order valence-electron chi connectivity index (χ3n) is 4.90. The van der Waals surface area contributed by atoms with E-state index in [9.17, 15) is 18.0 Å². The second-order valence-electron chi connectivity index (χ2n) is 7.36. The van der Waals surface area contributed by atoms with Crippen molar-refractivity contribution < 1.29 is 22.7 Å². The first-order chi connectivity index (χ1) is 17.3. The number of nitrogens with one attached hydrogen (secondary N) is 2. The number of rotatable bonds is 8. The quantitative estimate of drug-likeness (QED) is 0.276. The van der Waals surface area contributed by atoms with Crippen LogP contribution in [0.5, 0.6) is 0 Å². The van der Waals surface area contributed by atoms with Gasteiger partial charge in [0.25, 0.3) is 5.82 Å². The molecular formula is C23H19F3N8O2. The van der Waals surface area contributed by atoms with Crippen molar-refractivity contribution >= 4 is 23.4 Å². The van der Waals surface area contributed by atoms with Crippen LogP contribution in [0, 0.1) is 11.3 Å². The number of hydrogen-bond acceptors (Lipinski definition) is 9. The number of fused-ring (bicyclic) bond motifs is 1. The molecule has 0 radical (unpaired) electrons. The first kappa shape index (κ1) is 24.4. The SMILES string of the molecule is CCOC(=O)c1nc2cc(-c3ccc(C(F)(F)F)cc3)nc(NCCNc3ccc(C#N)cn3)n2n1. The third-order valence-corrected chi connectivity index (χ3v) is 4.90. The number of nitrogens with zero attached hydrogens (tertiary/aromatic N) is 6. The highest BCUT2D eigenvalue weighted by molar-refractivity contribution is 5.86. The Kier molecular flexibility index (Phi) is 6.95. The van der Waals surface area contributed by atoms with Crippen LogP contribution < -0.4 is 10.6 Å². The fraction of sp³-hybridized carbons (Fsp3) is 0.217. The Balaban J connectivity index is 1.59. The number of ether oxygens (including phenoxy) is 1. The van der Waals surface area contributed by atoms with Crippen molar-refractivity contribution in [3.05, 3.63) is 65.6 Å². The molecule has 0 bridgehead atoms. The maximum absolute atomic E-state index is 13.0. The minimum Gasteiger partial charge on any atom is -0.460 e. The smallest absolute Gasteiger partial charge is 0.416 e. The van der Waals surface area contributed by atoms with Gasteiger partial charge in [-0.25, -0.2) is 19.7 Å². The van der Waals surface area contributed by atoms with E-state index in [1.807, 2.05) is 6.07 Å². The van der Waals surface area contributed by atoms with Gasteiger partial charge in [0, 0.05) is 30.9 Å². The van der Waals surface area contributed by atoms with Gasteiger partial charge in [-0.1, -0.05) is 12.1 Å². The minimum atomic E-state index is -4.46. The summed E-state index contributed by atoms with van der Waals surface area (Å²) >= 11 is 0. The lowest BCUT2D eigenvalue weighted by Crippen LogP contribution is -2.17. The predicted octanol–water partition coefficient (Wildman–Crippen LogP) is 3.78. The van der Waals surface area contributed by atoms with Gasteiger partial charge in [-0.05, 0) is 31.2 Å². The zero-order chi connectivity index (χ0) is 25.7. The number of aromatic nitrogens is 5. The van der Waals surface area contributed by atoms with E-state index in [0.717, 1.165) is 12.1 Å². The van der Waals surface area contributed by atoms with E-state index in [-0.39, 0.29) is 24.0 Å². The summed E-state index contributed by atoms with van der Waals surface area (Å²) in [5.74, 6) is -0.0965. The molecule has 0 amide bonds. The van der Waals surface area contributed by atoms with Gasteiger partial charge in [0.05, 0.1) is 23.4 Å². The Morgan fingerprint density at radius 2 is 1.86 bits per heavy atom. The molecule has 4 aromatic rings. The molecule has 36 heavy (non-hydrogen) atoms. The summed E-state index contributed by atoms with van der Waals surface area (Å²) in [4.78, 5) is 24.9. The van der Waals surface area contributed by atoms with E-state index in [2.05, 4.69) is 30.7 Å². The summed E-state index contributed by atoms with van der Waals surface area (Å²) in [5.41, 5.74) is 0.679. The lowest BCUT2D eigenvalue weighted by atomic mass is 10.1. The predicted molar refractivity (Wildman–Crippen MR) is 123 cm³/mol. The van der Waals surface area contributed by atoms with Crippen LogP contribution in [0.2, 0.25) is 0 Å². The summed E-state index contributed by atoms with van der Waals surface area (Å²) < 4.78 is 45.1. The second kappa shape index (κ2) is 10.3. The summed E-state index contributed by atoms with van der Waals surface area (Å²) in [6, 6.07) is 11.4. The Morgan fingerprint density at radius 1 is 1.11 bits per heavy atom. The van der Waals surface area contributed by atoms with Crippen LogP contribution in [0.15, 0.2) is 48.7 Å². The molecular weight excluding hydrogens is 477 g/mol. The molecule has 0 spiro atoms. The van der Waals surface area contributed by atoms with Crippen LogP contribution >= 0.6 is 0 Å². The molecule has 0 saturated carbocycles. The molecule has 0 atom stereocenters. The number of nitriles is 1. The number of alkyl halides is 3. The lowest BCUT2D eigenvalue weighted by molar-refractivity contribution is -0.137. The Bertz CT molecular complexity index is 1410. The second-order valence-corrected chi connectivity index (χ2v) is 7.36. The molecule has 184 valence electrons. The molecule has 13 heteroatoms. The van der Waals surface area contributed by atoms with Crippen molar-refractivity contribution in [3.63, 3.8) is 0 Å². The summed E-state index contributed by atoms with van der Waals surface area (Å²) in [6.07, 6.45) is -3.01. The fourth-order valence-corrected chi connectivity index (χ4v) is 3.19. The van der Waals surface area contributed by atoms with Crippen molar-refractivity contribution in [3.8, 4) is 17.3 Å². The van der Waals surface area contributed by atoms with Gasteiger partial charge in [-0.3, -0.25) is 0 Å². The molecule has 0 saturated heterocycles. The molecule has 2 N–H and O–H groups in total. The normalized spacial score (nSPS) is 11.2. The summed E-state index contributed by atoms with van der Waals surface area (Å²) in [5, 5.41) is 19.2. The van der Waals surface area contributed by atoms with Gasteiger partial charge in [0.1, 0.15) is 11.9 Å². The van der Waals surface area contributed by atoms with E-state index in [1.54, 1.807) is 19.1 Å². The van der Waals surface area contributed by atoms with Crippen LogP contribution in [-0.4, -0.2) is 50.2 Å². The van der Waals surface area contributed by atoms with E-state index in [1.165, 1.54) is 28.9 Å². The van der Waals surface area contributed by atoms with Crippen molar-refractivity contribution in [2.45, 2.75) is 13.1 Å². The molecule has 3 aromatic heterocycles. The molecule has 1 aromatic carbocycles. The van der Waals surface area contributed by atoms with E-state index < -0.39 is 17.7 Å². The highest BCUT2D eigenvalue weighted by Gasteiger charge is 2.30. The standard InChI is InChI=1S/C23H19F3N8O2/c1-2-36-21(35)20-32-19-11-17(15-4-6-16(7-5-15)23(24,25)26)31-22(34(19)33-20)29-10-9-28-18-8-3-14(12-27)13-30-18/h3-8,11,13H,2,9-10H2,1H3,(H,28,30)(H,29,31). The number of benzene rings is 1. The third kappa shape index (κ3) is 5.49. The molecule has 0 aliphatic heterocycles. The van der Waals surface area contributed by atoms with Gasteiger partial charge < -0.3 is 15.4 Å². The first-order valence-corrected chi connectivity index (χ1v) is 10.7. The average Bonchev–Trinajstić information content (AvgIpc) is 3.31. The molecule has 0 aliphatic rings. The van der Waals surface area contributed by atoms with Crippen molar-refractivity contribution in [1.29, 1.82) is 5.26 Å². The number of carbonyl (C=O) groups is 1. The number of halogens is 3. The van der Waals surface area contributed by atoms with Gasteiger partial charge >= 0.3 is 12.1 Å². The fourth-order valence-electron chi connectivity index (χ4n) is 3.19. The number of anilines is 2. The largest absolute Gasteiger partial charge is 0.460 e. The van der Waals surface area contributed by atoms with E-state index >= 15 is 0 Å². The van der Waals surface area contributed by atoms with Crippen molar-refractivity contribution in [2.75, 3.05) is 30.3 Å².